The molecule has 3 aliphatic rings. The molecule has 0 saturated heterocycles. The Bertz CT molecular complexity index is 959. The number of hydrogen-bond acceptors (Lipinski definition) is 6. The average Bonchev–Trinajstić information content (AvgIpc) is 3.10. The molecule has 6 heteroatoms. The minimum absolute atomic E-state index is 0.302. The number of benzene rings is 2. The van der Waals surface area contributed by atoms with Gasteiger partial charge >= 0.3 is 0 Å². The molecule has 29 heavy (non-hydrogen) atoms. The molecular weight excluding hydrogens is 360 g/mol. The summed E-state index contributed by atoms with van der Waals surface area (Å²) in [6, 6.07) is 17.3. The molecule has 2 aromatic carbocycles. The van der Waals surface area contributed by atoms with Gasteiger partial charge in [0.05, 0.1) is 0 Å². The van der Waals surface area contributed by atoms with Crippen molar-refractivity contribution in [3.63, 3.8) is 0 Å². The fourth-order valence-corrected chi connectivity index (χ4v) is 5.04. The molecule has 2 aliphatic heterocycles. The van der Waals surface area contributed by atoms with Crippen LogP contribution >= 0.6 is 0 Å². The Morgan fingerprint density at radius 2 is 1.66 bits per heavy atom. The third kappa shape index (κ3) is 3.38. The first kappa shape index (κ1) is 18.2. The van der Waals surface area contributed by atoms with Gasteiger partial charge in [-0.2, -0.15) is 4.99 Å². The van der Waals surface area contributed by atoms with Gasteiger partial charge in [0, 0.05) is 25.3 Å². The van der Waals surface area contributed by atoms with Crippen LogP contribution in [0.5, 0.6) is 0 Å². The number of aliphatic imine (C=N–C) groups is 2. The summed E-state index contributed by atoms with van der Waals surface area (Å²) in [5, 5.41) is 0. The van der Waals surface area contributed by atoms with E-state index in [1.54, 1.807) is 0 Å². The Balaban J connectivity index is 1.42. The van der Waals surface area contributed by atoms with E-state index in [-0.39, 0.29) is 5.66 Å². The highest BCUT2D eigenvalue weighted by Crippen LogP contribution is 2.40. The minimum Gasteiger partial charge on any atom is -0.369 e. The Kier molecular flexibility index (Phi) is 4.51. The zero-order valence-electron chi connectivity index (χ0n) is 16.7. The van der Waals surface area contributed by atoms with Crippen molar-refractivity contribution in [3.8, 4) is 0 Å². The second-order valence-electron chi connectivity index (χ2n) is 8.40. The molecule has 0 bridgehead atoms. The van der Waals surface area contributed by atoms with Crippen molar-refractivity contribution in [3.05, 3.63) is 65.2 Å². The van der Waals surface area contributed by atoms with Gasteiger partial charge < -0.3 is 11.5 Å². The van der Waals surface area contributed by atoms with Crippen molar-refractivity contribution in [1.82, 2.24) is 4.90 Å². The highest BCUT2D eigenvalue weighted by molar-refractivity contribution is 6.05. The highest BCUT2D eigenvalue weighted by atomic mass is 15.4. The summed E-state index contributed by atoms with van der Waals surface area (Å²) < 4.78 is 0. The molecule has 1 spiro atoms. The average molecular weight is 389 g/mol. The Hall–Kier alpha value is -2.86. The van der Waals surface area contributed by atoms with Gasteiger partial charge in [0.2, 0.25) is 11.9 Å². The molecule has 5 rings (SSSR count). The SMILES string of the molecule is NC1=NC2(CCCCC2)N(c2ccc3c(c2)CN(Cc2ccccc2)C3)C(N)=N1. The molecule has 0 atom stereocenters. The van der Waals surface area contributed by atoms with Gasteiger partial charge in [0.25, 0.3) is 0 Å². The van der Waals surface area contributed by atoms with E-state index in [0.717, 1.165) is 51.0 Å². The van der Waals surface area contributed by atoms with E-state index in [9.17, 15) is 0 Å². The summed E-state index contributed by atoms with van der Waals surface area (Å²) in [6.45, 7) is 2.88. The molecule has 0 radical (unpaired) electrons. The van der Waals surface area contributed by atoms with Crippen LogP contribution < -0.4 is 16.4 Å². The molecule has 2 aromatic rings. The van der Waals surface area contributed by atoms with Crippen molar-refractivity contribution in [2.75, 3.05) is 4.90 Å². The zero-order valence-corrected chi connectivity index (χ0v) is 16.7. The lowest BCUT2D eigenvalue weighted by Gasteiger charge is -2.45. The second kappa shape index (κ2) is 7.19. The first-order valence-corrected chi connectivity index (χ1v) is 10.5. The van der Waals surface area contributed by atoms with Crippen LogP contribution in [0.2, 0.25) is 0 Å². The standard InChI is InChI=1S/C23H28N6/c24-21-26-22(25)29(23(27-21)11-5-2-6-12-23)20-10-9-18-15-28(16-19(18)13-20)14-17-7-3-1-4-8-17/h1,3-4,7-10,13H,2,5-6,11-12,14-16H2,(H4,24,25,26,27). The van der Waals surface area contributed by atoms with E-state index in [4.69, 9.17) is 16.5 Å². The topological polar surface area (TPSA) is 83.2 Å². The Labute approximate surface area is 171 Å². The lowest BCUT2D eigenvalue weighted by atomic mass is 9.87. The van der Waals surface area contributed by atoms with Crippen molar-refractivity contribution < 1.29 is 0 Å². The van der Waals surface area contributed by atoms with Crippen LogP contribution in [0, 0.1) is 0 Å². The van der Waals surface area contributed by atoms with Gasteiger partial charge in [-0.15, -0.1) is 0 Å². The van der Waals surface area contributed by atoms with Crippen LogP contribution in [0.25, 0.3) is 0 Å². The van der Waals surface area contributed by atoms with E-state index in [1.807, 2.05) is 0 Å². The summed E-state index contributed by atoms with van der Waals surface area (Å²) >= 11 is 0. The fourth-order valence-electron chi connectivity index (χ4n) is 5.04. The molecule has 150 valence electrons. The fraction of sp³-hybridized carbons (Fsp3) is 0.391. The van der Waals surface area contributed by atoms with Crippen molar-refractivity contribution in [2.24, 2.45) is 21.5 Å². The van der Waals surface area contributed by atoms with Crippen molar-refractivity contribution in [1.29, 1.82) is 0 Å². The number of hydrogen-bond donors (Lipinski definition) is 2. The van der Waals surface area contributed by atoms with Crippen molar-refractivity contribution in [2.45, 2.75) is 57.4 Å². The maximum absolute atomic E-state index is 6.39. The summed E-state index contributed by atoms with van der Waals surface area (Å²) in [4.78, 5) is 13.7. The quantitative estimate of drug-likeness (QED) is 0.845. The zero-order chi connectivity index (χ0) is 19.8. The predicted octanol–water partition coefficient (Wildman–Crippen LogP) is 3.31. The van der Waals surface area contributed by atoms with E-state index in [1.165, 1.54) is 23.1 Å². The van der Waals surface area contributed by atoms with Crippen LogP contribution in [0.3, 0.4) is 0 Å². The molecule has 2 heterocycles. The number of nitrogens with zero attached hydrogens (tertiary/aromatic N) is 4. The predicted molar refractivity (Wildman–Crippen MR) is 117 cm³/mol. The molecule has 6 nitrogen and oxygen atoms in total. The van der Waals surface area contributed by atoms with Crippen LogP contribution in [0.1, 0.15) is 48.8 Å². The lowest BCUT2D eigenvalue weighted by Crippen LogP contribution is -2.58. The van der Waals surface area contributed by atoms with E-state index in [0.29, 0.717) is 11.9 Å². The summed E-state index contributed by atoms with van der Waals surface area (Å²) in [6.07, 6.45) is 5.43. The van der Waals surface area contributed by atoms with E-state index in [2.05, 4.69) is 63.3 Å². The number of guanidine groups is 2. The van der Waals surface area contributed by atoms with Gasteiger partial charge in [-0.1, -0.05) is 42.8 Å². The second-order valence-corrected chi connectivity index (χ2v) is 8.40. The van der Waals surface area contributed by atoms with Gasteiger partial charge in [0.1, 0.15) is 5.66 Å². The monoisotopic (exact) mass is 388 g/mol. The van der Waals surface area contributed by atoms with Gasteiger partial charge in [-0.3, -0.25) is 9.80 Å². The van der Waals surface area contributed by atoms with Crippen LogP contribution in [0.4, 0.5) is 5.69 Å². The maximum atomic E-state index is 6.39. The summed E-state index contributed by atoms with van der Waals surface area (Å²) in [5.74, 6) is 0.759. The first-order valence-electron chi connectivity index (χ1n) is 10.5. The molecule has 0 amide bonds. The normalized spacial score (nSPS) is 21.0. The molecular formula is C23H28N6. The number of nitrogens with two attached hydrogens (primary N) is 2. The smallest absolute Gasteiger partial charge is 0.220 e. The van der Waals surface area contributed by atoms with Gasteiger partial charge in [-0.05, 0) is 54.5 Å². The molecule has 0 aromatic heterocycles. The van der Waals surface area contributed by atoms with E-state index < -0.39 is 0 Å². The lowest BCUT2D eigenvalue weighted by molar-refractivity contribution is 0.275. The number of fused-ring (bicyclic) bond motifs is 1. The highest BCUT2D eigenvalue weighted by Gasteiger charge is 2.42. The number of anilines is 1. The molecule has 1 saturated carbocycles. The van der Waals surface area contributed by atoms with Crippen LogP contribution in [-0.2, 0) is 19.6 Å². The Morgan fingerprint density at radius 3 is 2.45 bits per heavy atom. The third-order valence-corrected chi connectivity index (χ3v) is 6.34. The maximum Gasteiger partial charge on any atom is 0.220 e. The van der Waals surface area contributed by atoms with Crippen LogP contribution in [0.15, 0.2) is 58.5 Å². The van der Waals surface area contributed by atoms with Gasteiger partial charge in [-0.25, -0.2) is 4.99 Å². The van der Waals surface area contributed by atoms with E-state index >= 15 is 0 Å². The summed E-state index contributed by atoms with van der Waals surface area (Å²) in [5.41, 5.74) is 17.2. The molecule has 1 aliphatic carbocycles. The van der Waals surface area contributed by atoms with Crippen molar-refractivity contribution >= 4 is 17.6 Å². The largest absolute Gasteiger partial charge is 0.369 e. The molecule has 0 unspecified atom stereocenters. The molecule has 4 N–H and O–H groups in total. The Morgan fingerprint density at radius 1 is 0.897 bits per heavy atom. The summed E-state index contributed by atoms with van der Waals surface area (Å²) in [7, 11) is 0. The van der Waals surface area contributed by atoms with Crippen LogP contribution in [-0.4, -0.2) is 22.5 Å². The minimum atomic E-state index is -0.384. The van der Waals surface area contributed by atoms with Gasteiger partial charge in [0.15, 0.2) is 0 Å². The molecule has 1 fully saturated rings. The third-order valence-electron chi connectivity index (χ3n) is 6.34. The number of rotatable bonds is 3. The first-order chi connectivity index (χ1) is 14.1.